The predicted molar refractivity (Wildman–Crippen MR) is 151 cm³/mol. The molecule has 0 aliphatic heterocycles. The number of allylic oxidation sites excluding steroid dienone is 1. The van der Waals surface area contributed by atoms with Gasteiger partial charge in [0.1, 0.15) is 12.4 Å². The first-order valence-corrected chi connectivity index (χ1v) is 14.2. The van der Waals surface area contributed by atoms with E-state index in [0.29, 0.717) is 22.6 Å². The second kappa shape index (κ2) is 13.7. The van der Waals surface area contributed by atoms with E-state index in [1.807, 2.05) is 19.1 Å². The van der Waals surface area contributed by atoms with Crippen LogP contribution in [0.3, 0.4) is 0 Å². The fourth-order valence-electron chi connectivity index (χ4n) is 5.55. The number of rotatable bonds is 11. The van der Waals surface area contributed by atoms with Crippen molar-refractivity contribution in [2.24, 2.45) is 5.92 Å². The summed E-state index contributed by atoms with van der Waals surface area (Å²) in [6.07, 6.45) is 14.5. The molecule has 0 radical (unpaired) electrons. The number of ether oxygens (including phenoxy) is 1. The molecule has 4 rings (SSSR count). The minimum Gasteiger partial charge on any atom is -0.486 e. The molecule has 0 heterocycles. The first-order chi connectivity index (χ1) is 18.5. The third-order valence-corrected chi connectivity index (χ3v) is 7.82. The normalized spacial score (nSPS) is 17.7. The Labute approximate surface area is 225 Å². The maximum Gasteiger partial charge on any atom is 0.201 e. The topological polar surface area (TPSA) is 9.23 Å². The molecule has 3 aromatic rings. The summed E-state index contributed by atoms with van der Waals surface area (Å²) in [5, 5.41) is 0. The lowest BCUT2D eigenvalue weighted by atomic mass is 9.77. The van der Waals surface area contributed by atoms with E-state index in [0.717, 1.165) is 30.7 Å². The van der Waals surface area contributed by atoms with Crippen LogP contribution >= 0.6 is 0 Å². The van der Waals surface area contributed by atoms with Crippen LogP contribution in [-0.2, 0) is 0 Å². The van der Waals surface area contributed by atoms with Crippen LogP contribution in [0, 0.1) is 23.4 Å². The van der Waals surface area contributed by atoms with E-state index in [1.54, 1.807) is 36.4 Å². The highest BCUT2D eigenvalue weighted by Gasteiger charge is 2.23. The van der Waals surface area contributed by atoms with Gasteiger partial charge in [-0.1, -0.05) is 88.1 Å². The van der Waals surface area contributed by atoms with Crippen molar-refractivity contribution in [1.82, 2.24) is 0 Å². The Balaban J connectivity index is 1.42. The number of halogens is 3. The molecular formula is C34H39F3O. The van der Waals surface area contributed by atoms with Gasteiger partial charge >= 0.3 is 0 Å². The Hall–Kier alpha value is -3.01. The van der Waals surface area contributed by atoms with Crippen molar-refractivity contribution in [2.45, 2.75) is 77.6 Å². The van der Waals surface area contributed by atoms with Crippen molar-refractivity contribution in [3.8, 4) is 28.0 Å². The van der Waals surface area contributed by atoms with Gasteiger partial charge in [0.25, 0.3) is 0 Å². The number of benzene rings is 3. The Kier molecular flexibility index (Phi) is 10.1. The molecule has 0 aromatic heterocycles. The van der Waals surface area contributed by atoms with E-state index in [-0.39, 0.29) is 23.7 Å². The summed E-state index contributed by atoms with van der Waals surface area (Å²) in [5.74, 6) is -1.06. The lowest BCUT2D eigenvalue weighted by Gasteiger charge is -2.29. The highest BCUT2D eigenvalue weighted by Crippen LogP contribution is 2.39. The highest BCUT2D eigenvalue weighted by molar-refractivity contribution is 5.71. The van der Waals surface area contributed by atoms with Gasteiger partial charge in [0, 0.05) is 11.1 Å². The average Bonchev–Trinajstić information content (AvgIpc) is 2.94. The van der Waals surface area contributed by atoms with Gasteiger partial charge in [-0.3, -0.25) is 0 Å². The molecular weight excluding hydrogens is 481 g/mol. The Morgan fingerprint density at radius 2 is 1.45 bits per heavy atom. The van der Waals surface area contributed by atoms with Crippen molar-refractivity contribution in [3.63, 3.8) is 0 Å². The number of unbranched alkanes of at least 4 members (excludes halogenated alkanes) is 2. The molecule has 0 N–H and O–H groups in total. The summed E-state index contributed by atoms with van der Waals surface area (Å²) in [6.45, 7) is 4.41. The van der Waals surface area contributed by atoms with Gasteiger partial charge in [-0.15, -0.1) is 0 Å². The van der Waals surface area contributed by atoms with Crippen molar-refractivity contribution in [3.05, 3.63) is 89.8 Å². The first-order valence-electron chi connectivity index (χ1n) is 14.2. The summed E-state index contributed by atoms with van der Waals surface area (Å²) in [5.41, 5.74) is 2.98. The minimum atomic E-state index is -1.01. The molecule has 1 nitrogen and oxygen atoms in total. The largest absolute Gasteiger partial charge is 0.486 e. The molecule has 0 saturated heterocycles. The fraction of sp³-hybridized carbons (Fsp3) is 0.412. The molecule has 0 atom stereocenters. The van der Waals surface area contributed by atoms with Crippen molar-refractivity contribution < 1.29 is 17.9 Å². The monoisotopic (exact) mass is 520 g/mol. The van der Waals surface area contributed by atoms with Crippen LogP contribution in [0.5, 0.6) is 5.75 Å². The number of hydrogen-bond acceptors (Lipinski definition) is 1. The summed E-state index contributed by atoms with van der Waals surface area (Å²) in [7, 11) is 0. The van der Waals surface area contributed by atoms with Crippen LogP contribution < -0.4 is 4.74 Å². The third-order valence-electron chi connectivity index (χ3n) is 7.82. The lowest BCUT2D eigenvalue weighted by Crippen LogP contribution is -2.13. The number of hydrogen-bond donors (Lipinski definition) is 0. The van der Waals surface area contributed by atoms with Gasteiger partial charge in [0.05, 0.1) is 0 Å². The van der Waals surface area contributed by atoms with E-state index >= 15 is 4.39 Å². The van der Waals surface area contributed by atoms with Crippen LogP contribution in [-0.4, -0.2) is 6.61 Å². The van der Waals surface area contributed by atoms with Gasteiger partial charge in [0.15, 0.2) is 11.6 Å². The summed E-state index contributed by atoms with van der Waals surface area (Å²) >= 11 is 0. The summed E-state index contributed by atoms with van der Waals surface area (Å²) in [4.78, 5) is 0. The molecule has 1 aliphatic rings. The van der Waals surface area contributed by atoms with Gasteiger partial charge in [-0.05, 0) is 78.8 Å². The molecule has 38 heavy (non-hydrogen) atoms. The van der Waals surface area contributed by atoms with Crippen LogP contribution in [0.25, 0.3) is 22.3 Å². The van der Waals surface area contributed by atoms with E-state index in [1.165, 1.54) is 50.7 Å². The molecule has 4 heteroatoms. The second-order valence-electron chi connectivity index (χ2n) is 10.5. The van der Waals surface area contributed by atoms with Crippen LogP contribution in [0.15, 0.2) is 66.7 Å². The molecule has 1 aliphatic carbocycles. The first kappa shape index (κ1) is 28.0. The molecule has 0 spiro atoms. The maximum atomic E-state index is 15.2. The Bertz CT molecular complexity index is 1210. The van der Waals surface area contributed by atoms with Gasteiger partial charge in [-0.25, -0.2) is 8.78 Å². The molecule has 1 saturated carbocycles. The molecule has 0 amide bonds. The van der Waals surface area contributed by atoms with Gasteiger partial charge in [0.2, 0.25) is 5.82 Å². The average molecular weight is 521 g/mol. The van der Waals surface area contributed by atoms with Crippen molar-refractivity contribution >= 4 is 0 Å². The molecule has 0 bridgehead atoms. The zero-order chi connectivity index (χ0) is 26.9. The zero-order valence-electron chi connectivity index (χ0n) is 22.6. The third kappa shape index (κ3) is 6.89. The standard InChI is InChI=1S/C34H39F3O/c1-3-5-7-9-24-10-12-25(13-11-24)28-18-19-29(31(35)23-28)26-14-16-27(17-15-26)30-20-21-32(34(37)33(30)36)38-22-8-6-4-2/h6,8,14-21,23-25H,3-5,7,9-13,22H2,1-2H3. The van der Waals surface area contributed by atoms with Gasteiger partial charge in [-0.2, -0.15) is 4.39 Å². The lowest BCUT2D eigenvalue weighted by molar-refractivity contribution is 0.302. The van der Waals surface area contributed by atoms with E-state index in [9.17, 15) is 8.78 Å². The van der Waals surface area contributed by atoms with Crippen LogP contribution in [0.4, 0.5) is 13.2 Å². The quantitative estimate of drug-likeness (QED) is 0.180. The van der Waals surface area contributed by atoms with E-state index in [2.05, 4.69) is 13.0 Å². The van der Waals surface area contributed by atoms with E-state index in [4.69, 9.17) is 4.74 Å². The molecule has 3 aromatic carbocycles. The van der Waals surface area contributed by atoms with Crippen LogP contribution in [0.1, 0.15) is 83.1 Å². The van der Waals surface area contributed by atoms with Crippen molar-refractivity contribution in [1.29, 1.82) is 0 Å². The van der Waals surface area contributed by atoms with Crippen LogP contribution in [0.2, 0.25) is 0 Å². The Morgan fingerprint density at radius 3 is 2.11 bits per heavy atom. The van der Waals surface area contributed by atoms with E-state index < -0.39 is 11.6 Å². The maximum absolute atomic E-state index is 15.2. The summed E-state index contributed by atoms with van der Waals surface area (Å²) in [6, 6.07) is 15.5. The van der Waals surface area contributed by atoms with Crippen molar-refractivity contribution in [2.75, 3.05) is 6.61 Å². The SMILES string of the molecule is CCC=CCOc1ccc(-c2ccc(-c3ccc(C4CCC(CCCCC)CC4)cc3F)cc2)c(F)c1F. The van der Waals surface area contributed by atoms with Gasteiger partial charge < -0.3 is 4.74 Å². The minimum absolute atomic E-state index is 0.115. The molecule has 0 unspecified atom stereocenters. The fourth-order valence-corrected chi connectivity index (χ4v) is 5.55. The summed E-state index contributed by atoms with van der Waals surface area (Å²) < 4.78 is 49.9. The molecule has 1 fully saturated rings. The Morgan fingerprint density at radius 1 is 0.763 bits per heavy atom. The predicted octanol–water partition coefficient (Wildman–Crippen LogP) is 10.6. The molecule has 202 valence electrons. The smallest absolute Gasteiger partial charge is 0.201 e. The highest BCUT2D eigenvalue weighted by atomic mass is 19.2. The zero-order valence-corrected chi connectivity index (χ0v) is 22.6. The second-order valence-corrected chi connectivity index (χ2v) is 10.5.